The lowest BCUT2D eigenvalue weighted by atomic mass is 10.1. The quantitative estimate of drug-likeness (QED) is 0.856. The van der Waals surface area contributed by atoms with Crippen LogP contribution in [0.5, 0.6) is 0 Å². The molecule has 1 fully saturated rings. The zero-order valence-corrected chi connectivity index (χ0v) is 13.9. The zero-order valence-electron chi connectivity index (χ0n) is 13.9. The van der Waals surface area contributed by atoms with Gasteiger partial charge in [0.15, 0.2) is 0 Å². The van der Waals surface area contributed by atoms with Gasteiger partial charge in [0.25, 0.3) is 5.91 Å². The second kappa shape index (κ2) is 7.93. The molecule has 1 aliphatic rings. The van der Waals surface area contributed by atoms with Crippen LogP contribution in [0.4, 0.5) is 5.69 Å². The number of carbonyl (C=O) groups is 1. The minimum atomic E-state index is -0.165. The molecule has 5 heteroatoms. The number of amides is 1. The summed E-state index contributed by atoms with van der Waals surface area (Å²) in [5.41, 5.74) is 2.49. The van der Waals surface area contributed by atoms with Gasteiger partial charge in [-0.25, -0.2) is 0 Å². The number of hydrogen-bond acceptors (Lipinski definition) is 4. The maximum absolute atomic E-state index is 12.3. The summed E-state index contributed by atoms with van der Waals surface area (Å²) in [6.07, 6.45) is 3.86. The molecule has 1 aromatic heterocycles. The topological polar surface area (TPSA) is 63.2 Å². The maximum Gasteiger partial charge on any atom is 0.270 e. The molecule has 2 N–H and O–H groups in total. The Bertz CT molecular complexity index is 669. The summed E-state index contributed by atoms with van der Waals surface area (Å²) in [6.45, 7) is 3.42. The average Bonchev–Trinajstić information content (AvgIpc) is 3.14. The molecule has 0 spiro atoms. The molecule has 2 heterocycles. The van der Waals surface area contributed by atoms with Gasteiger partial charge in [0.1, 0.15) is 5.69 Å². The number of benzene rings is 1. The van der Waals surface area contributed by atoms with E-state index < -0.39 is 0 Å². The molecule has 0 radical (unpaired) electrons. The van der Waals surface area contributed by atoms with E-state index in [0.29, 0.717) is 12.2 Å². The largest absolute Gasteiger partial charge is 0.378 e. The summed E-state index contributed by atoms with van der Waals surface area (Å²) in [5, 5.41) is 6.30. The van der Waals surface area contributed by atoms with Crippen molar-refractivity contribution in [1.82, 2.24) is 10.3 Å². The predicted molar refractivity (Wildman–Crippen MR) is 94.0 cm³/mol. The molecule has 3 rings (SSSR count). The van der Waals surface area contributed by atoms with Crippen molar-refractivity contribution >= 4 is 11.6 Å². The summed E-state index contributed by atoms with van der Waals surface area (Å²) in [6, 6.07) is 14.0. The van der Waals surface area contributed by atoms with Crippen molar-refractivity contribution < 1.29 is 9.53 Å². The number of nitrogens with one attached hydrogen (secondary N) is 2. The van der Waals surface area contributed by atoms with Gasteiger partial charge in [0.2, 0.25) is 0 Å². The highest BCUT2D eigenvalue weighted by atomic mass is 16.5. The molecular formula is C19H23N3O2. The third kappa shape index (κ3) is 4.32. The van der Waals surface area contributed by atoms with Gasteiger partial charge < -0.3 is 15.4 Å². The Kier molecular flexibility index (Phi) is 5.43. The highest BCUT2D eigenvalue weighted by Crippen LogP contribution is 2.19. The number of anilines is 1. The molecule has 1 aromatic carbocycles. The zero-order chi connectivity index (χ0) is 16.8. The molecular weight excluding hydrogens is 302 g/mol. The molecule has 1 aliphatic heterocycles. The number of pyridine rings is 1. The Morgan fingerprint density at radius 2 is 2.17 bits per heavy atom. The van der Waals surface area contributed by atoms with Crippen LogP contribution in [0.2, 0.25) is 0 Å². The Morgan fingerprint density at radius 3 is 2.92 bits per heavy atom. The van der Waals surface area contributed by atoms with Crippen LogP contribution in [0.3, 0.4) is 0 Å². The normalized spacial score (nSPS) is 18.1. The van der Waals surface area contributed by atoms with Crippen LogP contribution in [-0.4, -0.2) is 30.1 Å². The highest BCUT2D eigenvalue weighted by molar-refractivity contribution is 5.93. The first-order valence-corrected chi connectivity index (χ1v) is 8.40. The van der Waals surface area contributed by atoms with Gasteiger partial charge in [0, 0.05) is 31.1 Å². The van der Waals surface area contributed by atoms with Crippen LogP contribution < -0.4 is 10.6 Å². The first kappa shape index (κ1) is 16.5. The van der Waals surface area contributed by atoms with Crippen molar-refractivity contribution in [2.45, 2.75) is 31.9 Å². The van der Waals surface area contributed by atoms with Gasteiger partial charge in [-0.3, -0.25) is 9.78 Å². The third-order valence-electron chi connectivity index (χ3n) is 4.19. The summed E-state index contributed by atoms with van der Waals surface area (Å²) < 4.78 is 5.52. The average molecular weight is 325 g/mol. The number of hydrogen-bond donors (Lipinski definition) is 2. The van der Waals surface area contributed by atoms with Crippen molar-refractivity contribution in [3.63, 3.8) is 0 Å². The molecule has 0 bridgehead atoms. The fourth-order valence-corrected chi connectivity index (χ4v) is 2.82. The fraction of sp³-hybridized carbons (Fsp3) is 0.368. The molecule has 24 heavy (non-hydrogen) atoms. The fourth-order valence-electron chi connectivity index (χ4n) is 2.82. The number of aromatic nitrogens is 1. The van der Waals surface area contributed by atoms with Crippen LogP contribution in [0.25, 0.3) is 0 Å². The summed E-state index contributed by atoms with van der Waals surface area (Å²) in [4.78, 5) is 16.4. The van der Waals surface area contributed by atoms with E-state index >= 15 is 0 Å². The molecule has 0 aliphatic carbocycles. The van der Waals surface area contributed by atoms with E-state index in [0.717, 1.165) is 25.1 Å². The second-order valence-corrected chi connectivity index (χ2v) is 6.05. The van der Waals surface area contributed by atoms with Gasteiger partial charge in [-0.2, -0.15) is 0 Å². The smallest absolute Gasteiger partial charge is 0.270 e. The van der Waals surface area contributed by atoms with Crippen LogP contribution in [-0.2, 0) is 4.74 Å². The Morgan fingerprint density at radius 1 is 1.33 bits per heavy atom. The number of nitrogens with zero attached hydrogens (tertiary/aromatic N) is 1. The van der Waals surface area contributed by atoms with Gasteiger partial charge >= 0.3 is 0 Å². The molecule has 0 saturated carbocycles. The van der Waals surface area contributed by atoms with Crippen molar-refractivity contribution in [1.29, 1.82) is 0 Å². The van der Waals surface area contributed by atoms with Crippen LogP contribution >= 0.6 is 0 Å². The predicted octanol–water partition coefficient (Wildman–Crippen LogP) is 3.16. The summed E-state index contributed by atoms with van der Waals surface area (Å²) in [5.74, 6) is -0.165. The molecule has 2 atom stereocenters. The molecule has 1 saturated heterocycles. The highest BCUT2D eigenvalue weighted by Gasteiger charge is 2.17. The van der Waals surface area contributed by atoms with E-state index in [2.05, 4.69) is 34.7 Å². The summed E-state index contributed by atoms with van der Waals surface area (Å²) in [7, 11) is 0. The summed E-state index contributed by atoms with van der Waals surface area (Å²) >= 11 is 0. The first-order valence-electron chi connectivity index (χ1n) is 8.40. The third-order valence-corrected chi connectivity index (χ3v) is 4.19. The molecule has 2 aromatic rings. The first-order chi connectivity index (χ1) is 11.7. The van der Waals surface area contributed by atoms with Crippen molar-refractivity contribution in [2.24, 2.45) is 0 Å². The van der Waals surface area contributed by atoms with E-state index in [9.17, 15) is 4.79 Å². The monoisotopic (exact) mass is 325 g/mol. The number of rotatable bonds is 6. The van der Waals surface area contributed by atoms with E-state index in [1.165, 1.54) is 5.56 Å². The lowest BCUT2D eigenvalue weighted by molar-refractivity contribution is 0.0854. The maximum atomic E-state index is 12.3. The van der Waals surface area contributed by atoms with Crippen LogP contribution in [0.1, 0.15) is 41.9 Å². The lowest BCUT2D eigenvalue weighted by Gasteiger charge is -2.16. The van der Waals surface area contributed by atoms with Crippen molar-refractivity contribution in [3.8, 4) is 0 Å². The number of carbonyl (C=O) groups excluding carboxylic acids is 1. The van der Waals surface area contributed by atoms with Gasteiger partial charge in [-0.05, 0) is 37.5 Å². The van der Waals surface area contributed by atoms with E-state index in [4.69, 9.17) is 4.74 Å². The molecule has 126 valence electrons. The van der Waals surface area contributed by atoms with Gasteiger partial charge in [-0.15, -0.1) is 0 Å². The van der Waals surface area contributed by atoms with Crippen LogP contribution in [0.15, 0.2) is 48.7 Å². The molecule has 5 nitrogen and oxygen atoms in total. The Hall–Kier alpha value is -2.40. The standard InChI is InChI=1S/C19H23N3O2/c1-14(15-6-3-2-4-7-15)22-16-9-10-20-18(12-16)19(23)21-13-17-8-5-11-24-17/h2-4,6-7,9-10,12,14,17H,5,8,11,13H2,1H3,(H,20,22)(H,21,23). The van der Waals surface area contributed by atoms with Crippen LogP contribution in [0, 0.1) is 0 Å². The van der Waals surface area contributed by atoms with Crippen molar-refractivity contribution in [2.75, 3.05) is 18.5 Å². The Labute approximate surface area is 142 Å². The molecule has 1 amide bonds. The lowest BCUT2D eigenvalue weighted by Crippen LogP contribution is -2.32. The minimum Gasteiger partial charge on any atom is -0.378 e. The van der Waals surface area contributed by atoms with E-state index in [1.54, 1.807) is 12.3 Å². The van der Waals surface area contributed by atoms with E-state index in [-0.39, 0.29) is 18.1 Å². The minimum absolute atomic E-state index is 0.133. The molecule has 2 unspecified atom stereocenters. The van der Waals surface area contributed by atoms with E-state index in [1.807, 2.05) is 24.3 Å². The van der Waals surface area contributed by atoms with Gasteiger partial charge in [0.05, 0.1) is 6.10 Å². The second-order valence-electron chi connectivity index (χ2n) is 6.05. The number of ether oxygens (including phenoxy) is 1. The van der Waals surface area contributed by atoms with Crippen molar-refractivity contribution in [3.05, 3.63) is 59.9 Å². The Balaban J connectivity index is 1.59. The van der Waals surface area contributed by atoms with Gasteiger partial charge in [-0.1, -0.05) is 30.3 Å². The SMILES string of the molecule is CC(Nc1ccnc(C(=O)NCC2CCCO2)c1)c1ccccc1.